The maximum absolute atomic E-state index is 10.6. The second kappa shape index (κ2) is 5.27. The fraction of sp³-hybridized carbons (Fsp3) is 0.0714. The summed E-state index contributed by atoms with van der Waals surface area (Å²) in [5.74, 6) is 1.29. The van der Waals surface area contributed by atoms with E-state index in [0.717, 1.165) is 11.8 Å². The number of benzene rings is 2. The third-order valence-electron chi connectivity index (χ3n) is 2.34. The zero-order valence-corrected chi connectivity index (χ0v) is 9.17. The molecule has 2 aromatic carbocycles. The largest absolute Gasteiger partial charge is 0.457 e. The van der Waals surface area contributed by atoms with E-state index in [1.807, 2.05) is 0 Å². The minimum Gasteiger partial charge on any atom is -0.457 e. The zero-order valence-electron chi connectivity index (χ0n) is 9.17. The Morgan fingerprint density at radius 3 is 2.47 bits per heavy atom. The second-order valence-corrected chi connectivity index (χ2v) is 3.59. The van der Waals surface area contributed by atoms with Gasteiger partial charge in [-0.2, -0.15) is 0 Å². The van der Waals surface area contributed by atoms with Crippen molar-refractivity contribution in [2.24, 2.45) is 0 Å². The molecular formula is C14H12O3. The molecule has 0 heterocycles. The summed E-state index contributed by atoms with van der Waals surface area (Å²) in [7, 11) is 0. The highest BCUT2D eigenvalue weighted by Crippen LogP contribution is 2.22. The molecule has 0 aromatic heterocycles. The van der Waals surface area contributed by atoms with Gasteiger partial charge in [-0.05, 0) is 29.8 Å². The monoisotopic (exact) mass is 228 g/mol. The third kappa shape index (κ3) is 2.92. The molecule has 1 N–H and O–H groups in total. The molecule has 0 aliphatic heterocycles. The first kappa shape index (κ1) is 11.4. The van der Waals surface area contributed by atoms with E-state index in [4.69, 9.17) is 9.84 Å². The molecule has 3 nitrogen and oxygen atoms in total. The van der Waals surface area contributed by atoms with Crippen LogP contribution in [0.2, 0.25) is 0 Å². The number of hydrogen-bond donors (Lipinski definition) is 1. The van der Waals surface area contributed by atoms with Crippen LogP contribution in [0.1, 0.15) is 15.9 Å². The molecule has 3 heteroatoms. The average molecular weight is 228 g/mol. The Morgan fingerprint density at radius 1 is 1.06 bits per heavy atom. The Bertz CT molecular complexity index is 503. The van der Waals surface area contributed by atoms with Gasteiger partial charge in [0.25, 0.3) is 0 Å². The molecule has 0 amide bonds. The lowest BCUT2D eigenvalue weighted by Gasteiger charge is -2.06. The standard InChI is InChI=1S/C14H12O3/c15-9-11-4-6-13(7-5-11)17-14-3-1-2-12(8-14)10-16/h1-8,10,15H,9H2. The van der Waals surface area contributed by atoms with E-state index in [9.17, 15) is 4.79 Å². The molecule has 0 aliphatic carbocycles. The van der Waals surface area contributed by atoms with Crippen LogP contribution >= 0.6 is 0 Å². The first-order valence-corrected chi connectivity index (χ1v) is 5.25. The molecule has 0 atom stereocenters. The van der Waals surface area contributed by atoms with Gasteiger partial charge in [-0.3, -0.25) is 4.79 Å². The molecular weight excluding hydrogens is 216 g/mol. The van der Waals surface area contributed by atoms with Crippen LogP contribution in [0.3, 0.4) is 0 Å². The predicted molar refractivity (Wildman–Crippen MR) is 64.3 cm³/mol. The SMILES string of the molecule is O=Cc1cccc(Oc2ccc(CO)cc2)c1. The van der Waals surface area contributed by atoms with E-state index in [1.165, 1.54) is 0 Å². The maximum Gasteiger partial charge on any atom is 0.150 e. The summed E-state index contributed by atoms with van der Waals surface area (Å²) >= 11 is 0. The fourth-order valence-electron chi connectivity index (χ4n) is 1.45. The average Bonchev–Trinajstić information content (AvgIpc) is 2.40. The number of aliphatic hydroxyl groups is 1. The van der Waals surface area contributed by atoms with Gasteiger partial charge in [0, 0.05) is 5.56 Å². The summed E-state index contributed by atoms with van der Waals surface area (Å²) in [5, 5.41) is 8.91. The van der Waals surface area contributed by atoms with Crippen molar-refractivity contribution >= 4 is 6.29 Å². The molecule has 0 bridgehead atoms. The number of rotatable bonds is 4. The van der Waals surface area contributed by atoms with Crippen LogP contribution in [0.25, 0.3) is 0 Å². The molecule has 0 saturated heterocycles. The maximum atomic E-state index is 10.6. The smallest absolute Gasteiger partial charge is 0.150 e. The molecule has 2 rings (SSSR count). The van der Waals surface area contributed by atoms with Crippen molar-refractivity contribution in [3.8, 4) is 11.5 Å². The Kier molecular flexibility index (Phi) is 3.52. The van der Waals surface area contributed by atoms with Crippen LogP contribution in [-0.4, -0.2) is 11.4 Å². The summed E-state index contributed by atoms with van der Waals surface area (Å²) in [6.07, 6.45) is 0.779. The lowest BCUT2D eigenvalue weighted by Crippen LogP contribution is -1.87. The number of aliphatic hydroxyl groups excluding tert-OH is 1. The molecule has 86 valence electrons. The van der Waals surface area contributed by atoms with Gasteiger partial charge < -0.3 is 9.84 Å². The van der Waals surface area contributed by atoms with Crippen molar-refractivity contribution in [3.05, 3.63) is 59.7 Å². The van der Waals surface area contributed by atoms with Gasteiger partial charge >= 0.3 is 0 Å². The Hall–Kier alpha value is -2.13. The van der Waals surface area contributed by atoms with Gasteiger partial charge in [0.05, 0.1) is 6.61 Å². The van der Waals surface area contributed by atoms with Gasteiger partial charge in [0.1, 0.15) is 17.8 Å². The summed E-state index contributed by atoms with van der Waals surface area (Å²) in [5.41, 5.74) is 1.41. The third-order valence-corrected chi connectivity index (χ3v) is 2.34. The van der Waals surface area contributed by atoms with E-state index >= 15 is 0 Å². The van der Waals surface area contributed by atoms with E-state index in [-0.39, 0.29) is 6.61 Å². The van der Waals surface area contributed by atoms with Crippen LogP contribution in [0.5, 0.6) is 11.5 Å². The van der Waals surface area contributed by atoms with Crippen molar-refractivity contribution in [2.75, 3.05) is 0 Å². The van der Waals surface area contributed by atoms with Gasteiger partial charge in [-0.15, -0.1) is 0 Å². The zero-order chi connectivity index (χ0) is 12.1. The first-order chi connectivity index (χ1) is 8.31. The summed E-state index contributed by atoms with van der Waals surface area (Å²) < 4.78 is 5.58. The summed E-state index contributed by atoms with van der Waals surface area (Å²) in [6, 6.07) is 14.1. The molecule has 17 heavy (non-hydrogen) atoms. The number of carbonyl (C=O) groups is 1. The summed E-state index contributed by atoms with van der Waals surface area (Å²) in [4.78, 5) is 10.6. The molecule has 0 unspecified atom stereocenters. The molecule has 0 saturated carbocycles. The topological polar surface area (TPSA) is 46.5 Å². The minimum atomic E-state index is 0.0148. The lowest BCUT2D eigenvalue weighted by atomic mass is 10.2. The minimum absolute atomic E-state index is 0.0148. The fourth-order valence-corrected chi connectivity index (χ4v) is 1.45. The van der Waals surface area contributed by atoms with Crippen LogP contribution < -0.4 is 4.74 Å². The van der Waals surface area contributed by atoms with Crippen molar-refractivity contribution < 1.29 is 14.6 Å². The van der Waals surface area contributed by atoms with Crippen LogP contribution in [0.15, 0.2) is 48.5 Å². The molecule has 0 aliphatic rings. The second-order valence-electron chi connectivity index (χ2n) is 3.59. The van der Waals surface area contributed by atoms with Crippen LogP contribution in [-0.2, 0) is 6.61 Å². The quantitative estimate of drug-likeness (QED) is 0.818. The van der Waals surface area contributed by atoms with Gasteiger partial charge in [-0.25, -0.2) is 0 Å². The first-order valence-electron chi connectivity index (χ1n) is 5.25. The Labute approximate surface area is 99.3 Å². The number of hydrogen-bond acceptors (Lipinski definition) is 3. The normalized spacial score (nSPS) is 9.94. The molecule has 0 radical (unpaired) electrons. The highest BCUT2D eigenvalue weighted by atomic mass is 16.5. The van der Waals surface area contributed by atoms with E-state index in [1.54, 1.807) is 48.5 Å². The van der Waals surface area contributed by atoms with E-state index < -0.39 is 0 Å². The number of aldehydes is 1. The Balaban J connectivity index is 2.16. The van der Waals surface area contributed by atoms with E-state index in [2.05, 4.69) is 0 Å². The molecule has 2 aromatic rings. The predicted octanol–water partition coefficient (Wildman–Crippen LogP) is 2.78. The highest BCUT2D eigenvalue weighted by molar-refractivity contribution is 5.75. The molecule has 0 fully saturated rings. The van der Waals surface area contributed by atoms with Gasteiger partial charge in [-0.1, -0.05) is 24.3 Å². The Morgan fingerprint density at radius 2 is 1.82 bits per heavy atom. The number of carbonyl (C=O) groups excluding carboxylic acids is 1. The van der Waals surface area contributed by atoms with Crippen molar-refractivity contribution in [1.29, 1.82) is 0 Å². The number of ether oxygens (including phenoxy) is 1. The van der Waals surface area contributed by atoms with Gasteiger partial charge in [0.15, 0.2) is 0 Å². The van der Waals surface area contributed by atoms with Crippen molar-refractivity contribution in [1.82, 2.24) is 0 Å². The molecule has 0 spiro atoms. The summed E-state index contributed by atoms with van der Waals surface area (Å²) in [6.45, 7) is 0.0148. The van der Waals surface area contributed by atoms with Crippen molar-refractivity contribution in [3.63, 3.8) is 0 Å². The highest BCUT2D eigenvalue weighted by Gasteiger charge is 1.98. The van der Waals surface area contributed by atoms with Crippen molar-refractivity contribution in [2.45, 2.75) is 6.61 Å². The van der Waals surface area contributed by atoms with Gasteiger partial charge in [0.2, 0.25) is 0 Å². The lowest BCUT2D eigenvalue weighted by molar-refractivity contribution is 0.112. The van der Waals surface area contributed by atoms with Crippen LogP contribution in [0, 0.1) is 0 Å². The van der Waals surface area contributed by atoms with Crippen LogP contribution in [0.4, 0.5) is 0 Å². The van der Waals surface area contributed by atoms with E-state index in [0.29, 0.717) is 17.1 Å².